The van der Waals surface area contributed by atoms with Gasteiger partial charge in [0.15, 0.2) is 0 Å². The van der Waals surface area contributed by atoms with Gasteiger partial charge < -0.3 is 9.47 Å². The van der Waals surface area contributed by atoms with Crippen LogP contribution < -0.4 is 9.47 Å². The van der Waals surface area contributed by atoms with E-state index in [1.54, 1.807) is 24.3 Å². The molecule has 0 fully saturated rings. The molecule has 0 unspecified atom stereocenters. The maximum Gasteiger partial charge on any atom is 0.318 e. The SMILES string of the molecule is O=[N+]([O-])c1ccc(Oc2ccc(COc3ccccc3)cc2)c([N+](=O)[O-])c1. The predicted molar refractivity (Wildman–Crippen MR) is 97.0 cm³/mol. The minimum absolute atomic E-state index is 0.0705. The summed E-state index contributed by atoms with van der Waals surface area (Å²) >= 11 is 0. The lowest BCUT2D eigenvalue weighted by molar-refractivity contribution is -0.394. The van der Waals surface area contributed by atoms with Crippen LogP contribution in [0.3, 0.4) is 0 Å². The molecule has 0 aromatic heterocycles. The molecule has 3 aromatic rings. The van der Waals surface area contributed by atoms with E-state index in [0.29, 0.717) is 12.4 Å². The number of hydrogen-bond donors (Lipinski definition) is 0. The van der Waals surface area contributed by atoms with E-state index in [4.69, 9.17) is 9.47 Å². The van der Waals surface area contributed by atoms with Gasteiger partial charge in [0.05, 0.1) is 15.9 Å². The molecule has 3 aromatic carbocycles. The first-order chi connectivity index (χ1) is 13.0. The summed E-state index contributed by atoms with van der Waals surface area (Å²) in [5.41, 5.74) is 0.0487. The van der Waals surface area contributed by atoms with Crippen molar-refractivity contribution in [2.75, 3.05) is 0 Å². The van der Waals surface area contributed by atoms with Crippen LogP contribution in [0, 0.1) is 20.2 Å². The van der Waals surface area contributed by atoms with E-state index >= 15 is 0 Å². The summed E-state index contributed by atoms with van der Waals surface area (Å²) in [6.45, 7) is 0.363. The van der Waals surface area contributed by atoms with Gasteiger partial charge >= 0.3 is 5.69 Å². The van der Waals surface area contributed by atoms with Gasteiger partial charge in [-0.25, -0.2) is 0 Å². The molecule has 0 aliphatic rings. The first-order valence-electron chi connectivity index (χ1n) is 7.90. The first-order valence-corrected chi connectivity index (χ1v) is 7.90. The summed E-state index contributed by atoms with van der Waals surface area (Å²) in [5.74, 6) is 1.05. The van der Waals surface area contributed by atoms with E-state index in [-0.39, 0.29) is 11.4 Å². The molecule has 0 saturated carbocycles. The average molecular weight is 366 g/mol. The fourth-order valence-corrected chi connectivity index (χ4v) is 2.31. The van der Waals surface area contributed by atoms with E-state index < -0.39 is 15.5 Å². The second-order valence-electron chi connectivity index (χ2n) is 5.51. The highest BCUT2D eigenvalue weighted by Gasteiger charge is 2.21. The Balaban J connectivity index is 1.71. The van der Waals surface area contributed by atoms with Crippen LogP contribution in [0.25, 0.3) is 0 Å². The van der Waals surface area contributed by atoms with Crippen LogP contribution in [-0.2, 0) is 6.61 Å². The van der Waals surface area contributed by atoms with Crippen molar-refractivity contribution in [2.45, 2.75) is 6.61 Å². The lowest BCUT2D eigenvalue weighted by Crippen LogP contribution is -1.97. The fraction of sp³-hybridized carbons (Fsp3) is 0.0526. The van der Waals surface area contributed by atoms with Crippen molar-refractivity contribution in [3.8, 4) is 17.2 Å². The van der Waals surface area contributed by atoms with E-state index in [9.17, 15) is 20.2 Å². The molecule has 8 heteroatoms. The van der Waals surface area contributed by atoms with Crippen LogP contribution in [0.5, 0.6) is 17.2 Å². The Kier molecular flexibility index (Phi) is 5.27. The summed E-state index contributed by atoms with van der Waals surface area (Å²) in [5, 5.41) is 21.9. The van der Waals surface area contributed by atoms with Crippen LogP contribution in [0.1, 0.15) is 5.56 Å². The average Bonchev–Trinajstić information content (AvgIpc) is 2.68. The zero-order valence-corrected chi connectivity index (χ0v) is 14.0. The third-order valence-corrected chi connectivity index (χ3v) is 3.65. The highest BCUT2D eigenvalue weighted by Crippen LogP contribution is 2.34. The molecule has 0 atom stereocenters. The molecule has 0 spiro atoms. The van der Waals surface area contributed by atoms with Crippen LogP contribution in [-0.4, -0.2) is 9.85 Å². The van der Waals surface area contributed by atoms with Gasteiger partial charge in [0, 0.05) is 6.07 Å². The van der Waals surface area contributed by atoms with Gasteiger partial charge in [-0.2, -0.15) is 0 Å². The molecule has 0 N–H and O–H groups in total. The van der Waals surface area contributed by atoms with Gasteiger partial charge in [0.25, 0.3) is 5.69 Å². The molecule has 0 amide bonds. The molecule has 0 saturated heterocycles. The normalized spacial score (nSPS) is 10.2. The monoisotopic (exact) mass is 366 g/mol. The van der Waals surface area contributed by atoms with Gasteiger partial charge in [-0.05, 0) is 35.9 Å². The predicted octanol–water partition coefficient (Wildman–Crippen LogP) is 4.87. The molecule has 0 bridgehead atoms. The Bertz CT molecular complexity index is 958. The van der Waals surface area contributed by atoms with Crippen molar-refractivity contribution in [1.82, 2.24) is 0 Å². The zero-order chi connectivity index (χ0) is 19.2. The standard InChI is InChI=1S/C19H14N2O6/c22-20(23)15-8-11-19(18(12-15)21(24)25)27-17-9-6-14(7-10-17)13-26-16-4-2-1-3-5-16/h1-12H,13H2. The molecule has 0 radical (unpaired) electrons. The highest BCUT2D eigenvalue weighted by atomic mass is 16.6. The minimum atomic E-state index is -0.718. The van der Waals surface area contributed by atoms with Crippen molar-refractivity contribution in [2.24, 2.45) is 0 Å². The Morgan fingerprint density at radius 1 is 0.778 bits per heavy atom. The zero-order valence-electron chi connectivity index (χ0n) is 14.0. The fourth-order valence-electron chi connectivity index (χ4n) is 2.31. The summed E-state index contributed by atoms with van der Waals surface area (Å²) < 4.78 is 11.2. The molecule has 0 heterocycles. The van der Waals surface area contributed by atoms with E-state index in [0.717, 1.165) is 23.4 Å². The van der Waals surface area contributed by atoms with E-state index in [2.05, 4.69) is 0 Å². The Hall–Kier alpha value is -3.94. The van der Waals surface area contributed by atoms with E-state index in [1.165, 1.54) is 6.07 Å². The van der Waals surface area contributed by atoms with E-state index in [1.807, 2.05) is 30.3 Å². The molecule has 8 nitrogen and oxygen atoms in total. The number of nitrogens with zero attached hydrogens (tertiary/aromatic N) is 2. The molecule has 0 aliphatic carbocycles. The summed E-state index contributed by atoms with van der Waals surface area (Å²) in [4.78, 5) is 20.5. The Morgan fingerprint density at radius 3 is 2.11 bits per heavy atom. The number of non-ortho nitro benzene ring substituents is 1. The molecular weight excluding hydrogens is 352 g/mol. The number of benzene rings is 3. The number of hydrogen-bond acceptors (Lipinski definition) is 6. The second-order valence-corrected chi connectivity index (χ2v) is 5.51. The topological polar surface area (TPSA) is 105 Å². The smallest absolute Gasteiger partial charge is 0.318 e. The quantitative estimate of drug-likeness (QED) is 0.436. The molecule has 136 valence electrons. The van der Waals surface area contributed by atoms with Gasteiger partial charge in [-0.1, -0.05) is 30.3 Å². The summed E-state index contributed by atoms with van der Waals surface area (Å²) in [7, 11) is 0. The van der Waals surface area contributed by atoms with Crippen molar-refractivity contribution >= 4 is 11.4 Å². The maximum absolute atomic E-state index is 11.1. The van der Waals surface area contributed by atoms with Gasteiger partial charge in [0.2, 0.25) is 5.75 Å². The third kappa shape index (κ3) is 4.57. The Labute approximate surface area is 153 Å². The van der Waals surface area contributed by atoms with Crippen molar-refractivity contribution < 1.29 is 19.3 Å². The second kappa shape index (κ2) is 7.96. The van der Waals surface area contributed by atoms with Gasteiger partial charge in [-0.3, -0.25) is 20.2 Å². The van der Waals surface area contributed by atoms with Crippen LogP contribution >= 0.6 is 0 Å². The van der Waals surface area contributed by atoms with Gasteiger partial charge in [0.1, 0.15) is 18.1 Å². The number of para-hydroxylation sites is 1. The number of ether oxygens (including phenoxy) is 2. The van der Waals surface area contributed by atoms with Crippen molar-refractivity contribution in [1.29, 1.82) is 0 Å². The minimum Gasteiger partial charge on any atom is -0.489 e. The molecule has 0 aliphatic heterocycles. The first kappa shape index (κ1) is 17.9. The number of nitro benzene ring substituents is 2. The lowest BCUT2D eigenvalue weighted by Gasteiger charge is -2.08. The molecule has 3 rings (SSSR count). The third-order valence-electron chi connectivity index (χ3n) is 3.65. The van der Waals surface area contributed by atoms with Crippen molar-refractivity contribution in [3.63, 3.8) is 0 Å². The van der Waals surface area contributed by atoms with Crippen LogP contribution in [0.2, 0.25) is 0 Å². The summed E-state index contributed by atoms with van der Waals surface area (Å²) in [6.07, 6.45) is 0. The molecular formula is C19H14N2O6. The van der Waals surface area contributed by atoms with Gasteiger partial charge in [-0.15, -0.1) is 0 Å². The Morgan fingerprint density at radius 2 is 1.48 bits per heavy atom. The van der Waals surface area contributed by atoms with Crippen LogP contribution in [0.4, 0.5) is 11.4 Å². The lowest BCUT2D eigenvalue weighted by atomic mass is 10.2. The number of nitro groups is 2. The maximum atomic E-state index is 11.1. The summed E-state index contributed by atoms with van der Waals surface area (Å²) in [6, 6.07) is 19.4. The number of rotatable bonds is 7. The van der Waals surface area contributed by atoms with Crippen molar-refractivity contribution in [3.05, 3.63) is 98.6 Å². The largest absolute Gasteiger partial charge is 0.489 e. The van der Waals surface area contributed by atoms with Crippen LogP contribution in [0.15, 0.2) is 72.8 Å². The highest BCUT2D eigenvalue weighted by molar-refractivity contribution is 5.54. The molecule has 27 heavy (non-hydrogen) atoms.